The SMILES string of the molecule is Cc1cc2oc(=O)sc2cc1NS(=O)(=O)c1ccc(Cl)cc1. The van der Waals surface area contributed by atoms with Crippen molar-refractivity contribution in [3.63, 3.8) is 0 Å². The van der Waals surface area contributed by atoms with Crippen LogP contribution in [0.2, 0.25) is 5.02 Å². The lowest BCUT2D eigenvalue weighted by Crippen LogP contribution is -2.13. The minimum atomic E-state index is -3.73. The van der Waals surface area contributed by atoms with Gasteiger partial charge in [-0.05, 0) is 48.9 Å². The van der Waals surface area contributed by atoms with Gasteiger partial charge >= 0.3 is 4.94 Å². The van der Waals surface area contributed by atoms with Crippen molar-refractivity contribution in [3.05, 3.63) is 56.7 Å². The van der Waals surface area contributed by atoms with E-state index in [0.29, 0.717) is 26.6 Å². The Bertz CT molecular complexity index is 1000. The minimum Gasteiger partial charge on any atom is -0.414 e. The molecule has 0 spiro atoms. The van der Waals surface area contributed by atoms with Crippen molar-refractivity contribution in [1.82, 2.24) is 0 Å². The summed E-state index contributed by atoms with van der Waals surface area (Å²) in [4.78, 5) is 10.9. The molecule has 3 aromatic rings. The summed E-state index contributed by atoms with van der Waals surface area (Å²) in [5.74, 6) is 0. The molecule has 0 amide bonds. The van der Waals surface area contributed by atoms with Crippen LogP contribution in [-0.4, -0.2) is 8.42 Å². The number of sulfonamides is 1. The van der Waals surface area contributed by atoms with E-state index in [2.05, 4.69) is 4.72 Å². The largest absolute Gasteiger partial charge is 0.414 e. The number of hydrogen-bond donors (Lipinski definition) is 1. The number of anilines is 1. The van der Waals surface area contributed by atoms with Crippen molar-refractivity contribution in [2.45, 2.75) is 11.8 Å². The molecule has 1 aromatic heterocycles. The first-order valence-corrected chi connectivity index (χ1v) is 8.85. The Labute approximate surface area is 135 Å². The Balaban J connectivity index is 2.03. The fourth-order valence-corrected chi connectivity index (χ4v) is 3.89. The van der Waals surface area contributed by atoms with Crippen molar-refractivity contribution in [1.29, 1.82) is 0 Å². The molecule has 5 nitrogen and oxygen atoms in total. The molecule has 0 unspecified atom stereocenters. The van der Waals surface area contributed by atoms with Gasteiger partial charge in [0, 0.05) is 5.02 Å². The van der Waals surface area contributed by atoms with Gasteiger partial charge in [0.15, 0.2) is 0 Å². The zero-order valence-corrected chi connectivity index (χ0v) is 13.7. The summed E-state index contributed by atoms with van der Waals surface area (Å²) in [7, 11) is -3.73. The van der Waals surface area contributed by atoms with Crippen LogP contribution in [0.5, 0.6) is 0 Å². The van der Waals surface area contributed by atoms with Gasteiger partial charge in [-0.25, -0.2) is 13.2 Å². The Morgan fingerprint density at radius 3 is 2.55 bits per heavy atom. The van der Waals surface area contributed by atoms with E-state index in [9.17, 15) is 13.2 Å². The fourth-order valence-electron chi connectivity index (χ4n) is 1.95. The molecular formula is C14H10ClNO4S2. The first kappa shape index (κ1) is 15.1. The van der Waals surface area contributed by atoms with Gasteiger partial charge < -0.3 is 4.42 Å². The van der Waals surface area contributed by atoms with Crippen LogP contribution in [0.4, 0.5) is 5.69 Å². The van der Waals surface area contributed by atoms with E-state index in [-0.39, 0.29) is 4.90 Å². The second-order valence-corrected chi connectivity index (χ2v) is 7.72. The number of benzene rings is 2. The standard InChI is InChI=1S/C14H10ClNO4S2/c1-8-6-12-13(21-14(17)20-12)7-11(8)16-22(18,19)10-4-2-9(15)3-5-10/h2-7,16H,1H3. The lowest BCUT2D eigenvalue weighted by atomic mass is 10.2. The van der Waals surface area contributed by atoms with Gasteiger partial charge in [0.2, 0.25) is 0 Å². The van der Waals surface area contributed by atoms with E-state index in [1.807, 2.05) is 0 Å². The zero-order valence-electron chi connectivity index (χ0n) is 11.3. The molecule has 0 fully saturated rings. The van der Waals surface area contributed by atoms with Crippen LogP contribution in [0.1, 0.15) is 5.56 Å². The summed E-state index contributed by atoms with van der Waals surface area (Å²) in [6, 6.07) is 9.09. The molecule has 0 aliphatic rings. The summed E-state index contributed by atoms with van der Waals surface area (Å²) in [5, 5.41) is 0.458. The zero-order chi connectivity index (χ0) is 15.9. The predicted molar refractivity (Wildman–Crippen MR) is 87.4 cm³/mol. The smallest absolute Gasteiger partial charge is 0.396 e. The van der Waals surface area contributed by atoms with Gasteiger partial charge in [0.25, 0.3) is 10.0 Å². The normalized spacial score (nSPS) is 11.7. The van der Waals surface area contributed by atoms with Crippen LogP contribution in [0.15, 0.2) is 50.5 Å². The molecule has 0 bridgehead atoms. The molecule has 1 heterocycles. The van der Waals surface area contributed by atoms with Gasteiger partial charge in [0.1, 0.15) is 5.58 Å². The number of aryl methyl sites for hydroxylation is 1. The topological polar surface area (TPSA) is 76.4 Å². The molecule has 0 saturated carbocycles. The summed E-state index contributed by atoms with van der Waals surface area (Å²) in [6.45, 7) is 1.73. The van der Waals surface area contributed by atoms with E-state index in [1.54, 1.807) is 19.1 Å². The molecule has 0 aliphatic heterocycles. The van der Waals surface area contributed by atoms with Crippen LogP contribution in [0.25, 0.3) is 10.3 Å². The third-order valence-electron chi connectivity index (χ3n) is 3.05. The van der Waals surface area contributed by atoms with Crippen LogP contribution in [-0.2, 0) is 10.0 Å². The van der Waals surface area contributed by atoms with Crippen molar-refractivity contribution in [2.24, 2.45) is 0 Å². The first-order chi connectivity index (χ1) is 10.3. The van der Waals surface area contributed by atoms with Crippen molar-refractivity contribution in [3.8, 4) is 0 Å². The lowest BCUT2D eigenvalue weighted by molar-refractivity contribution is 0.585. The third-order valence-corrected chi connectivity index (χ3v) is 5.47. The molecule has 0 radical (unpaired) electrons. The van der Waals surface area contributed by atoms with Crippen LogP contribution in [0, 0.1) is 6.92 Å². The number of fused-ring (bicyclic) bond motifs is 1. The molecule has 2 aromatic carbocycles. The molecule has 1 N–H and O–H groups in total. The van der Waals surface area contributed by atoms with E-state index < -0.39 is 15.0 Å². The van der Waals surface area contributed by atoms with E-state index in [1.165, 1.54) is 24.3 Å². The van der Waals surface area contributed by atoms with Crippen molar-refractivity contribution < 1.29 is 12.8 Å². The highest BCUT2D eigenvalue weighted by molar-refractivity contribution is 7.92. The maximum atomic E-state index is 12.4. The molecule has 3 rings (SSSR count). The van der Waals surface area contributed by atoms with Gasteiger partial charge in [-0.15, -0.1) is 0 Å². The molecule has 22 heavy (non-hydrogen) atoms. The van der Waals surface area contributed by atoms with Gasteiger partial charge in [-0.2, -0.15) is 0 Å². The van der Waals surface area contributed by atoms with E-state index in [0.717, 1.165) is 11.3 Å². The average Bonchev–Trinajstić information content (AvgIpc) is 2.78. The molecule has 0 atom stereocenters. The quantitative estimate of drug-likeness (QED) is 0.778. The highest BCUT2D eigenvalue weighted by atomic mass is 35.5. The molecule has 0 aliphatic carbocycles. The van der Waals surface area contributed by atoms with Crippen LogP contribution < -0.4 is 9.66 Å². The molecule has 0 saturated heterocycles. The Morgan fingerprint density at radius 1 is 1.18 bits per heavy atom. The maximum Gasteiger partial charge on any atom is 0.396 e. The third kappa shape index (κ3) is 2.87. The monoisotopic (exact) mass is 355 g/mol. The molecule has 8 heteroatoms. The van der Waals surface area contributed by atoms with Gasteiger partial charge in [-0.1, -0.05) is 22.9 Å². The number of nitrogens with one attached hydrogen (secondary N) is 1. The maximum absolute atomic E-state index is 12.4. The summed E-state index contributed by atoms with van der Waals surface area (Å²) in [5.41, 5.74) is 1.51. The van der Waals surface area contributed by atoms with Crippen LogP contribution in [0.3, 0.4) is 0 Å². The van der Waals surface area contributed by atoms with Gasteiger partial charge in [0.05, 0.1) is 15.3 Å². The summed E-state index contributed by atoms with van der Waals surface area (Å²) >= 11 is 6.69. The van der Waals surface area contributed by atoms with Crippen molar-refractivity contribution >= 4 is 48.9 Å². The Hall–Kier alpha value is -1.83. The number of halogens is 1. The number of rotatable bonds is 3. The second kappa shape index (κ2) is 5.42. The van der Waals surface area contributed by atoms with Crippen LogP contribution >= 0.6 is 22.9 Å². The number of hydrogen-bond acceptors (Lipinski definition) is 5. The van der Waals surface area contributed by atoms with E-state index >= 15 is 0 Å². The molecular weight excluding hydrogens is 346 g/mol. The van der Waals surface area contributed by atoms with Gasteiger partial charge in [-0.3, -0.25) is 4.72 Å². The van der Waals surface area contributed by atoms with Crippen molar-refractivity contribution in [2.75, 3.05) is 4.72 Å². The Morgan fingerprint density at radius 2 is 1.86 bits per heavy atom. The average molecular weight is 356 g/mol. The highest BCUT2D eigenvalue weighted by Gasteiger charge is 2.16. The minimum absolute atomic E-state index is 0.108. The Kier molecular flexibility index (Phi) is 3.72. The first-order valence-electron chi connectivity index (χ1n) is 6.18. The predicted octanol–water partition coefficient (Wildman–Crippen LogP) is 3.62. The molecule has 114 valence electrons. The lowest BCUT2D eigenvalue weighted by Gasteiger charge is -2.10. The van der Waals surface area contributed by atoms with E-state index in [4.69, 9.17) is 16.0 Å². The summed E-state index contributed by atoms with van der Waals surface area (Å²) in [6.07, 6.45) is 0. The summed E-state index contributed by atoms with van der Waals surface area (Å²) < 4.78 is 32.8. The second-order valence-electron chi connectivity index (χ2n) is 4.63. The highest BCUT2D eigenvalue weighted by Crippen LogP contribution is 2.27. The fraction of sp³-hybridized carbons (Fsp3) is 0.0714.